The Kier molecular flexibility index (Phi) is 2.88. The maximum Gasteiger partial charge on any atom is 0.195 e. The molecular formula is C18H16N4O. The van der Waals surface area contributed by atoms with Gasteiger partial charge in [-0.2, -0.15) is 5.10 Å². The van der Waals surface area contributed by atoms with Crippen molar-refractivity contribution >= 4 is 16.7 Å². The summed E-state index contributed by atoms with van der Waals surface area (Å²) in [5.41, 5.74) is 6.08. The molecule has 1 aliphatic carbocycles. The highest BCUT2D eigenvalue weighted by Crippen LogP contribution is 2.43. The largest absolute Gasteiger partial charge is 0.372 e. The molecule has 0 spiro atoms. The number of hydrogen-bond donors (Lipinski definition) is 2. The monoisotopic (exact) mass is 304 g/mol. The molecule has 0 fully saturated rings. The lowest BCUT2D eigenvalue weighted by atomic mass is 9.83. The summed E-state index contributed by atoms with van der Waals surface area (Å²) in [7, 11) is 0. The number of hydrogen-bond acceptors (Lipinski definition) is 3. The number of allylic oxidation sites excluding steroid dienone is 3. The number of fused-ring (bicyclic) bond motifs is 1. The third-order valence-corrected chi connectivity index (χ3v) is 4.74. The van der Waals surface area contributed by atoms with E-state index < -0.39 is 0 Å². The average Bonchev–Trinajstić information content (AvgIpc) is 3.09. The van der Waals surface area contributed by atoms with Gasteiger partial charge >= 0.3 is 0 Å². The summed E-state index contributed by atoms with van der Waals surface area (Å²) >= 11 is 0. The second kappa shape index (κ2) is 4.82. The standard InChI is InChI=1S/C18H16N4O/c1-9-12-8-11(4-5-13(12)22-21-9)16-17-14(6-7-15(17)23)20-10(2)18(16)19-3/h4-5,8,16,20H,6-7H2,1-2H3,(H,21,22). The molecule has 4 rings (SSSR count). The Bertz CT molecular complexity index is 955. The predicted molar refractivity (Wildman–Crippen MR) is 87.3 cm³/mol. The third-order valence-electron chi connectivity index (χ3n) is 4.74. The number of benzene rings is 1. The lowest BCUT2D eigenvalue weighted by Crippen LogP contribution is -2.24. The number of aryl methyl sites for hydroxylation is 1. The lowest BCUT2D eigenvalue weighted by molar-refractivity contribution is -0.115. The van der Waals surface area contributed by atoms with Gasteiger partial charge in [-0.05, 0) is 38.0 Å². The second-order valence-corrected chi connectivity index (χ2v) is 6.11. The molecule has 5 nitrogen and oxygen atoms in total. The summed E-state index contributed by atoms with van der Waals surface area (Å²) in [5.74, 6) is -0.118. The highest BCUT2D eigenvalue weighted by atomic mass is 16.1. The van der Waals surface area contributed by atoms with E-state index in [1.807, 2.05) is 26.0 Å². The fourth-order valence-corrected chi connectivity index (χ4v) is 3.60. The summed E-state index contributed by atoms with van der Waals surface area (Å²) < 4.78 is 0. The van der Waals surface area contributed by atoms with Gasteiger partial charge in [-0.1, -0.05) is 6.07 Å². The number of aromatic amines is 1. The third kappa shape index (κ3) is 1.92. The Morgan fingerprint density at radius 2 is 2.13 bits per heavy atom. The molecule has 0 saturated heterocycles. The van der Waals surface area contributed by atoms with E-state index in [0.29, 0.717) is 12.1 Å². The van der Waals surface area contributed by atoms with Crippen LogP contribution < -0.4 is 5.32 Å². The molecule has 0 radical (unpaired) electrons. The summed E-state index contributed by atoms with van der Waals surface area (Å²) in [5, 5.41) is 11.5. The lowest BCUT2D eigenvalue weighted by Gasteiger charge is -2.26. The zero-order chi connectivity index (χ0) is 16.1. The highest BCUT2D eigenvalue weighted by molar-refractivity contribution is 6.01. The molecule has 1 aliphatic heterocycles. The van der Waals surface area contributed by atoms with E-state index in [2.05, 4.69) is 26.4 Å². The van der Waals surface area contributed by atoms with Gasteiger partial charge in [0.25, 0.3) is 0 Å². The number of rotatable bonds is 1. The van der Waals surface area contributed by atoms with Gasteiger partial charge in [-0.3, -0.25) is 9.89 Å². The molecule has 1 aromatic carbocycles. The van der Waals surface area contributed by atoms with Gasteiger partial charge in [0.1, 0.15) is 0 Å². The van der Waals surface area contributed by atoms with E-state index in [1.54, 1.807) is 0 Å². The normalized spacial score (nSPS) is 20.7. The zero-order valence-electron chi connectivity index (χ0n) is 13.0. The minimum atomic E-state index is -0.266. The number of nitrogens with zero attached hydrogens (tertiary/aromatic N) is 2. The molecule has 2 N–H and O–H groups in total. The first-order valence-electron chi connectivity index (χ1n) is 7.66. The smallest absolute Gasteiger partial charge is 0.195 e. The van der Waals surface area contributed by atoms with Crippen molar-refractivity contribution in [2.24, 2.45) is 0 Å². The van der Waals surface area contributed by atoms with Crippen molar-refractivity contribution < 1.29 is 4.79 Å². The van der Waals surface area contributed by atoms with E-state index in [1.165, 1.54) is 0 Å². The molecule has 1 aromatic heterocycles. The average molecular weight is 304 g/mol. The SMILES string of the molecule is [C-]#[N+]C1=C(C)NC2=C(C(=O)CC2)C1c1ccc2[nH]nc(C)c2c1. The van der Waals surface area contributed by atoms with Crippen LogP contribution in [-0.4, -0.2) is 16.0 Å². The number of dihydropyridines is 1. The summed E-state index contributed by atoms with van der Waals surface area (Å²) in [4.78, 5) is 16.1. The Hall–Kier alpha value is -2.87. The predicted octanol–water partition coefficient (Wildman–Crippen LogP) is 3.33. The van der Waals surface area contributed by atoms with Gasteiger partial charge in [0.05, 0.1) is 23.7 Å². The molecule has 114 valence electrons. The van der Waals surface area contributed by atoms with Gasteiger partial charge < -0.3 is 5.32 Å². The van der Waals surface area contributed by atoms with Crippen molar-refractivity contribution in [2.75, 3.05) is 0 Å². The first kappa shape index (κ1) is 13.8. The van der Waals surface area contributed by atoms with E-state index in [9.17, 15) is 4.79 Å². The first-order valence-corrected chi connectivity index (χ1v) is 7.66. The molecule has 5 heteroatoms. The Morgan fingerprint density at radius 1 is 1.30 bits per heavy atom. The van der Waals surface area contributed by atoms with Crippen LogP contribution in [0.4, 0.5) is 0 Å². The van der Waals surface area contributed by atoms with Gasteiger partial charge in [0, 0.05) is 28.8 Å². The van der Waals surface area contributed by atoms with Crippen molar-refractivity contribution in [3.8, 4) is 0 Å². The molecule has 1 atom stereocenters. The Balaban J connectivity index is 1.94. The van der Waals surface area contributed by atoms with Crippen molar-refractivity contribution in [3.05, 3.63) is 63.5 Å². The van der Waals surface area contributed by atoms with Gasteiger partial charge in [0.15, 0.2) is 11.5 Å². The van der Waals surface area contributed by atoms with Crippen LogP contribution in [0.25, 0.3) is 15.7 Å². The fourth-order valence-electron chi connectivity index (χ4n) is 3.60. The van der Waals surface area contributed by atoms with E-state index in [-0.39, 0.29) is 11.7 Å². The van der Waals surface area contributed by atoms with Gasteiger partial charge in [0.2, 0.25) is 0 Å². The van der Waals surface area contributed by atoms with Crippen molar-refractivity contribution in [2.45, 2.75) is 32.6 Å². The quantitative estimate of drug-likeness (QED) is 0.794. The number of carbonyl (C=O) groups is 1. The number of ketones is 1. The number of Topliss-reactive ketones (excluding diaryl/α,β-unsaturated/α-hetero) is 1. The van der Waals surface area contributed by atoms with Crippen molar-refractivity contribution in [1.29, 1.82) is 0 Å². The van der Waals surface area contributed by atoms with Crippen LogP contribution in [0, 0.1) is 13.5 Å². The van der Waals surface area contributed by atoms with Crippen LogP contribution in [0.15, 0.2) is 40.9 Å². The van der Waals surface area contributed by atoms with Crippen LogP contribution in [-0.2, 0) is 4.79 Å². The number of H-pyrrole nitrogens is 1. The molecule has 2 aromatic rings. The van der Waals surface area contributed by atoms with Crippen LogP contribution >= 0.6 is 0 Å². The zero-order valence-corrected chi connectivity index (χ0v) is 13.0. The van der Waals surface area contributed by atoms with Crippen LogP contribution in [0.3, 0.4) is 0 Å². The van der Waals surface area contributed by atoms with Gasteiger partial charge in [-0.15, -0.1) is 0 Å². The molecule has 2 aliphatic rings. The van der Waals surface area contributed by atoms with Crippen LogP contribution in [0.5, 0.6) is 0 Å². The minimum Gasteiger partial charge on any atom is -0.372 e. The topological polar surface area (TPSA) is 62.1 Å². The molecule has 0 bridgehead atoms. The fraction of sp³-hybridized carbons (Fsp3) is 0.278. The van der Waals surface area contributed by atoms with E-state index >= 15 is 0 Å². The maximum absolute atomic E-state index is 12.4. The van der Waals surface area contributed by atoms with E-state index in [0.717, 1.165) is 45.5 Å². The summed E-state index contributed by atoms with van der Waals surface area (Å²) in [6.07, 6.45) is 1.26. The highest BCUT2D eigenvalue weighted by Gasteiger charge is 2.37. The summed E-state index contributed by atoms with van der Waals surface area (Å²) in [6.45, 7) is 11.4. The Morgan fingerprint density at radius 3 is 2.91 bits per heavy atom. The molecule has 23 heavy (non-hydrogen) atoms. The number of nitrogens with one attached hydrogen (secondary N) is 2. The van der Waals surface area contributed by atoms with Crippen molar-refractivity contribution in [3.63, 3.8) is 0 Å². The Labute approximate surface area is 133 Å². The minimum absolute atomic E-state index is 0.148. The van der Waals surface area contributed by atoms with Crippen LogP contribution in [0.2, 0.25) is 0 Å². The molecule has 0 amide bonds. The molecule has 1 unspecified atom stereocenters. The summed E-state index contributed by atoms with van der Waals surface area (Å²) in [6, 6.07) is 6.02. The number of carbonyl (C=O) groups excluding carboxylic acids is 1. The molecule has 0 saturated carbocycles. The molecule has 2 heterocycles. The first-order chi connectivity index (χ1) is 11.1. The van der Waals surface area contributed by atoms with E-state index in [4.69, 9.17) is 6.57 Å². The van der Waals surface area contributed by atoms with Gasteiger partial charge in [-0.25, -0.2) is 4.85 Å². The molecular weight excluding hydrogens is 288 g/mol. The van der Waals surface area contributed by atoms with Crippen LogP contribution in [0.1, 0.15) is 36.9 Å². The van der Waals surface area contributed by atoms with Crippen molar-refractivity contribution in [1.82, 2.24) is 15.5 Å². The second-order valence-electron chi connectivity index (χ2n) is 6.11. The number of aromatic nitrogens is 2. The maximum atomic E-state index is 12.4.